The molecule has 28 heavy (non-hydrogen) atoms. The molecule has 0 unspecified atom stereocenters. The van der Waals surface area contributed by atoms with Crippen LogP contribution in [0.3, 0.4) is 0 Å². The number of nitrogens with zero attached hydrogens (tertiary/aromatic N) is 3. The Balaban J connectivity index is 0.000000300. The summed E-state index contributed by atoms with van der Waals surface area (Å²) in [5.41, 5.74) is -3.36. The highest BCUT2D eigenvalue weighted by atomic mass is 79.9. The van der Waals surface area contributed by atoms with Crippen LogP contribution in [0, 0.1) is 0 Å². The third-order valence-electron chi connectivity index (χ3n) is 3.77. The van der Waals surface area contributed by atoms with Gasteiger partial charge in [0.2, 0.25) is 0 Å². The van der Waals surface area contributed by atoms with Gasteiger partial charge in [-0.1, -0.05) is 22.0 Å². The Bertz CT molecular complexity index is 1070. The molecule has 2 aromatic rings. The van der Waals surface area contributed by atoms with Gasteiger partial charge in [0.05, 0.1) is 7.05 Å². The van der Waals surface area contributed by atoms with Gasteiger partial charge in [0.25, 0.3) is 6.33 Å². The van der Waals surface area contributed by atoms with Crippen molar-refractivity contribution in [1.29, 1.82) is 0 Å². The SMILES string of the molecule is C[n+]1ccn(S(=O)(=O)N2CCc3cc(Br)ccc3C2)c1.O=S(=O)([O-])C(F)(F)F. The van der Waals surface area contributed by atoms with Crippen molar-refractivity contribution in [3.63, 3.8) is 0 Å². The third kappa shape index (κ3) is 5.31. The highest BCUT2D eigenvalue weighted by molar-refractivity contribution is 9.10. The number of hydrogen-bond donors (Lipinski definition) is 0. The molecule has 0 saturated heterocycles. The maximum absolute atomic E-state index is 12.5. The normalized spacial score (nSPS) is 15.5. The highest BCUT2D eigenvalue weighted by Crippen LogP contribution is 2.25. The number of benzene rings is 1. The van der Waals surface area contributed by atoms with Gasteiger partial charge in [-0.2, -0.15) is 25.9 Å². The van der Waals surface area contributed by atoms with Gasteiger partial charge >= 0.3 is 15.7 Å². The van der Waals surface area contributed by atoms with Gasteiger partial charge in [-0.05, 0) is 29.7 Å². The summed E-state index contributed by atoms with van der Waals surface area (Å²) in [5.74, 6) is 0. The number of alkyl halides is 3. The maximum atomic E-state index is 12.5. The van der Waals surface area contributed by atoms with E-state index in [1.807, 2.05) is 12.1 Å². The number of rotatable bonds is 2. The lowest BCUT2D eigenvalue weighted by Gasteiger charge is -2.26. The number of halogens is 4. The lowest BCUT2D eigenvalue weighted by Crippen LogP contribution is -2.39. The average molecular weight is 506 g/mol. The lowest BCUT2D eigenvalue weighted by atomic mass is 10.0. The second-order valence-corrected chi connectivity index (χ2v) is 9.93. The van der Waals surface area contributed by atoms with Gasteiger partial charge in [-0.3, -0.25) is 0 Å². The molecule has 1 aromatic carbocycles. The number of aromatic nitrogens is 2. The molecule has 0 radical (unpaired) electrons. The molecule has 0 fully saturated rings. The minimum Gasteiger partial charge on any atom is -0.741 e. The van der Waals surface area contributed by atoms with E-state index in [9.17, 15) is 21.6 Å². The van der Waals surface area contributed by atoms with E-state index in [1.54, 1.807) is 30.3 Å². The zero-order chi connectivity index (χ0) is 21.3. The largest absolute Gasteiger partial charge is 0.741 e. The van der Waals surface area contributed by atoms with Crippen molar-refractivity contribution in [1.82, 2.24) is 8.28 Å². The molecule has 2 heterocycles. The number of imidazole rings is 1. The van der Waals surface area contributed by atoms with Crippen molar-refractivity contribution in [2.24, 2.45) is 7.05 Å². The topological polar surface area (TPSA) is 103 Å². The fourth-order valence-corrected chi connectivity index (χ4v) is 4.17. The molecular weight excluding hydrogens is 491 g/mol. The molecule has 0 saturated carbocycles. The Kier molecular flexibility index (Phi) is 6.60. The highest BCUT2D eigenvalue weighted by Gasteiger charge is 2.37. The summed E-state index contributed by atoms with van der Waals surface area (Å²) in [6, 6.07) is 6.00. The Labute approximate surface area is 168 Å². The quantitative estimate of drug-likeness (QED) is 0.347. The van der Waals surface area contributed by atoms with Crippen molar-refractivity contribution in [2.75, 3.05) is 6.54 Å². The van der Waals surface area contributed by atoms with Crippen LogP contribution in [0.25, 0.3) is 0 Å². The van der Waals surface area contributed by atoms with E-state index in [0.29, 0.717) is 13.1 Å². The fourth-order valence-electron chi connectivity index (χ4n) is 2.39. The first kappa shape index (κ1) is 22.8. The summed E-state index contributed by atoms with van der Waals surface area (Å²) in [4.78, 5) is 0. The predicted octanol–water partition coefficient (Wildman–Crippen LogP) is 1.28. The Morgan fingerprint density at radius 1 is 1.18 bits per heavy atom. The van der Waals surface area contributed by atoms with E-state index in [2.05, 4.69) is 22.0 Å². The van der Waals surface area contributed by atoms with Gasteiger partial charge < -0.3 is 4.55 Å². The Hall–Kier alpha value is -1.48. The number of fused-ring (bicyclic) bond motifs is 1. The van der Waals surface area contributed by atoms with Gasteiger partial charge in [0.15, 0.2) is 10.1 Å². The first-order valence-corrected chi connectivity index (χ1v) is 11.1. The second kappa shape index (κ2) is 8.10. The predicted molar refractivity (Wildman–Crippen MR) is 93.9 cm³/mol. The number of hydrogen-bond acceptors (Lipinski definition) is 5. The molecule has 14 heteroatoms. The molecule has 1 aliphatic rings. The van der Waals surface area contributed by atoms with Crippen LogP contribution in [-0.2, 0) is 40.3 Å². The number of aryl methyl sites for hydroxylation is 1. The molecule has 8 nitrogen and oxygen atoms in total. The van der Waals surface area contributed by atoms with E-state index in [1.165, 1.54) is 13.8 Å². The monoisotopic (exact) mass is 505 g/mol. The van der Waals surface area contributed by atoms with E-state index < -0.39 is 25.8 Å². The van der Waals surface area contributed by atoms with Crippen molar-refractivity contribution in [3.05, 3.63) is 52.5 Å². The summed E-state index contributed by atoms with van der Waals surface area (Å²) in [7, 11) is -7.77. The molecule has 0 spiro atoms. The van der Waals surface area contributed by atoms with Crippen LogP contribution in [0.2, 0.25) is 0 Å². The smallest absolute Gasteiger partial charge is 0.485 e. The zero-order valence-corrected chi connectivity index (χ0v) is 17.5. The summed E-state index contributed by atoms with van der Waals surface area (Å²) in [6.45, 7) is 0.931. The van der Waals surface area contributed by atoms with Crippen LogP contribution in [0.4, 0.5) is 13.2 Å². The van der Waals surface area contributed by atoms with E-state index >= 15 is 0 Å². The van der Waals surface area contributed by atoms with Crippen LogP contribution in [0.15, 0.2) is 41.4 Å². The van der Waals surface area contributed by atoms with Gasteiger partial charge in [-0.15, -0.1) is 3.97 Å². The molecule has 3 rings (SSSR count). The third-order valence-corrected chi connectivity index (χ3v) is 6.54. The minimum atomic E-state index is -6.09. The molecule has 156 valence electrons. The van der Waals surface area contributed by atoms with Crippen LogP contribution in [0.5, 0.6) is 0 Å². The van der Waals surface area contributed by atoms with Crippen molar-refractivity contribution in [2.45, 2.75) is 18.5 Å². The van der Waals surface area contributed by atoms with Gasteiger partial charge in [0.1, 0.15) is 12.4 Å². The molecule has 0 bridgehead atoms. The zero-order valence-electron chi connectivity index (χ0n) is 14.3. The van der Waals surface area contributed by atoms with Crippen LogP contribution in [-0.4, -0.2) is 41.7 Å². The van der Waals surface area contributed by atoms with Crippen LogP contribution in [0.1, 0.15) is 11.1 Å². The Morgan fingerprint density at radius 2 is 1.79 bits per heavy atom. The lowest BCUT2D eigenvalue weighted by molar-refractivity contribution is -0.670. The van der Waals surface area contributed by atoms with Crippen LogP contribution >= 0.6 is 15.9 Å². The standard InChI is InChI=1S/C13H15BrN3O2S.CHF3O3S/c1-15-6-7-17(10-15)20(18,19)16-5-4-11-8-13(14)3-2-12(11)9-16;2-1(3,4)8(5,6)7/h2-3,6-8,10H,4-5,9H2,1H3;(H,5,6,7)/q+1;/p-1. The molecule has 0 amide bonds. The van der Waals surface area contributed by atoms with E-state index in [4.69, 9.17) is 13.0 Å². The molecular formula is C14H15BrF3N3O5S2. The molecule has 0 atom stereocenters. The first-order chi connectivity index (χ1) is 12.7. The molecule has 0 aliphatic carbocycles. The summed E-state index contributed by atoms with van der Waals surface area (Å²) in [6.07, 6.45) is 5.58. The molecule has 1 aliphatic heterocycles. The molecule has 1 aromatic heterocycles. The summed E-state index contributed by atoms with van der Waals surface area (Å²) in [5, 5.41) is 0. The van der Waals surface area contributed by atoms with Gasteiger partial charge in [-0.25, -0.2) is 13.0 Å². The van der Waals surface area contributed by atoms with E-state index in [0.717, 1.165) is 16.5 Å². The second-order valence-electron chi connectivity index (χ2n) is 5.81. The van der Waals surface area contributed by atoms with Crippen molar-refractivity contribution < 1.29 is 39.1 Å². The Morgan fingerprint density at radius 3 is 2.29 bits per heavy atom. The van der Waals surface area contributed by atoms with E-state index in [-0.39, 0.29) is 0 Å². The molecule has 0 N–H and O–H groups in total. The average Bonchev–Trinajstić information content (AvgIpc) is 3.00. The first-order valence-electron chi connectivity index (χ1n) is 7.55. The fraction of sp³-hybridized carbons (Fsp3) is 0.357. The minimum absolute atomic E-state index is 0.423. The van der Waals surface area contributed by atoms with Gasteiger partial charge in [0, 0.05) is 17.6 Å². The maximum Gasteiger partial charge on any atom is 0.485 e. The van der Waals surface area contributed by atoms with Crippen molar-refractivity contribution >= 4 is 36.3 Å². The summed E-state index contributed by atoms with van der Waals surface area (Å²) >= 11 is 3.45. The van der Waals surface area contributed by atoms with Crippen LogP contribution < -0.4 is 4.57 Å². The van der Waals surface area contributed by atoms with Crippen molar-refractivity contribution in [3.8, 4) is 0 Å². The summed E-state index contributed by atoms with van der Waals surface area (Å²) < 4.78 is 89.5.